The molecule has 0 radical (unpaired) electrons. The van der Waals surface area contributed by atoms with Crippen molar-refractivity contribution in [3.8, 4) is 0 Å². The molecule has 3 nitrogen and oxygen atoms in total. The van der Waals surface area contributed by atoms with E-state index in [1.54, 1.807) is 10.7 Å². The molecular weight excluding hydrogens is 311 g/mol. The third-order valence-corrected chi connectivity index (χ3v) is 4.06. The summed E-state index contributed by atoms with van der Waals surface area (Å²) in [7, 11) is 1.85. The topological polar surface area (TPSA) is 38.0 Å². The Labute approximate surface area is 120 Å². The Bertz CT molecular complexity index is 610. The number of benzene rings is 1. The zero-order valence-corrected chi connectivity index (χ0v) is 12.7. The van der Waals surface area contributed by atoms with Gasteiger partial charge in [-0.1, -0.05) is 22.0 Å². The number of aromatic nitrogens is 2. The van der Waals surface area contributed by atoms with E-state index >= 15 is 0 Å². The zero-order chi connectivity index (χ0) is 14.2. The number of aryl methyl sites for hydroxylation is 2. The number of aliphatic hydroxyl groups is 1. The van der Waals surface area contributed by atoms with Crippen LogP contribution in [-0.2, 0) is 13.5 Å². The second-order valence-corrected chi connectivity index (χ2v) is 5.52. The summed E-state index contributed by atoms with van der Waals surface area (Å²) in [6, 6.07) is 4.49. The number of hydrogen-bond donors (Lipinski definition) is 1. The van der Waals surface area contributed by atoms with Gasteiger partial charge in [0.15, 0.2) is 0 Å². The molecule has 2 rings (SSSR count). The summed E-state index contributed by atoms with van der Waals surface area (Å²) in [4.78, 5) is 0. The monoisotopic (exact) mass is 326 g/mol. The highest BCUT2D eigenvalue weighted by Crippen LogP contribution is 2.27. The Balaban J connectivity index is 2.28. The minimum Gasteiger partial charge on any atom is -0.388 e. The van der Waals surface area contributed by atoms with Crippen molar-refractivity contribution in [2.75, 3.05) is 0 Å². The van der Waals surface area contributed by atoms with Crippen molar-refractivity contribution >= 4 is 15.9 Å². The highest BCUT2D eigenvalue weighted by atomic mass is 79.9. The van der Waals surface area contributed by atoms with Gasteiger partial charge in [0.1, 0.15) is 5.82 Å². The van der Waals surface area contributed by atoms with Crippen molar-refractivity contribution < 1.29 is 9.50 Å². The maximum absolute atomic E-state index is 13.0. The summed E-state index contributed by atoms with van der Waals surface area (Å²) in [5.74, 6) is -0.293. The molecule has 1 aromatic carbocycles. The minimum absolute atomic E-state index is 0.293. The maximum Gasteiger partial charge on any atom is 0.124 e. The fourth-order valence-corrected chi connectivity index (χ4v) is 2.78. The van der Waals surface area contributed by atoms with Crippen LogP contribution in [0.5, 0.6) is 0 Å². The molecule has 0 fully saturated rings. The summed E-state index contributed by atoms with van der Waals surface area (Å²) in [5.41, 5.74) is 3.49. The van der Waals surface area contributed by atoms with E-state index in [-0.39, 0.29) is 5.82 Å². The molecule has 19 heavy (non-hydrogen) atoms. The largest absolute Gasteiger partial charge is 0.388 e. The minimum atomic E-state index is -0.643. The molecule has 5 heteroatoms. The van der Waals surface area contributed by atoms with E-state index in [9.17, 15) is 9.50 Å². The third kappa shape index (κ3) is 2.87. The zero-order valence-electron chi connectivity index (χ0n) is 11.1. The van der Waals surface area contributed by atoms with Crippen LogP contribution in [0.25, 0.3) is 0 Å². The van der Waals surface area contributed by atoms with Gasteiger partial charge in [0, 0.05) is 29.2 Å². The smallest absolute Gasteiger partial charge is 0.124 e. The molecule has 0 spiro atoms. The summed E-state index contributed by atoms with van der Waals surface area (Å²) < 4.78 is 15.5. The molecule has 0 aliphatic carbocycles. The summed E-state index contributed by atoms with van der Waals surface area (Å²) in [6.07, 6.45) is -0.218. The number of nitrogens with zero attached hydrogens (tertiary/aromatic N) is 2. The van der Waals surface area contributed by atoms with E-state index in [1.807, 2.05) is 20.9 Å². The molecular formula is C14H16BrFN2O. The van der Waals surface area contributed by atoms with Crippen molar-refractivity contribution in [2.45, 2.75) is 26.4 Å². The first kappa shape index (κ1) is 14.2. The summed E-state index contributed by atoms with van der Waals surface area (Å²) >= 11 is 3.32. The quantitative estimate of drug-likeness (QED) is 0.940. The van der Waals surface area contributed by atoms with Gasteiger partial charge >= 0.3 is 0 Å². The van der Waals surface area contributed by atoms with Crippen molar-refractivity contribution in [2.24, 2.45) is 7.05 Å². The van der Waals surface area contributed by atoms with Crippen molar-refractivity contribution in [1.82, 2.24) is 9.78 Å². The molecule has 0 bridgehead atoms. The molecule has 0 aliphatic heterocycles. The lowest BCUT2D eigenvalue weighted by molar-refractivity contribution is 0.176. The van der Waals surface area contributed by atoms with E-state index in [4.69, 9.17) is 0 Å². The first-order valence-electron chi connectivity index (χ1n) is 6.02. The summed E-state index contributed by atoms with van der Waals surface area (Å²) in [5, 5.41) is 14.7. The van der Waals surface area contributed by atoms with Crippen LogP contribution in [0, 0.1) is 19.7 Å². The predicted molar refractivity (Wildman–Crippen MR) is 75.4 cm³/mol. The van der Waals surface area contributed by atoms with Crippen LogP contribution in [0.4, 0.5) is 4.39 Å². The fourth-order valence-electron chi connectivity index (χ4n) is 2.27. The lowest BCUT2D eigenvalue weighted by Crippen LogP contribution is -2.05. The molecule has 0 saturated carbocycles. The Hall–Kier alpha value is -1.20. The molecule has 0 aliphatic rings. The third-order valence-electron chi connectivity index (χ3n) is 3.33. The van der Waals surface area contributed by atoms with Gasteiger partial charge in [-0.25, -0.2) is 4.39 Å². The molecule has 0 amide bonds. The average Bonchev–Trinajstić information content (AvgIpc) is 2.57. The number of rotatable bonds is 3. The fraction of sp³-hybridized carbons (Fsp3) is 0.357. The van der Waals surface area contributed by atoms with Gasteiger partial charge < -0.3 is 5.11 Å². The van der Waals surface area contributed by atoms with Crippen LogP contribution in [0.2, 0.25) is 0 Å². The molecule has 1 atom stereocenters. The number of hydrogen-bond acceptors (Lipinski definition) is 2. The van der Waals surface area contributed by atoms with Gasteiger partial charge in [0.2, 0.25) is 0 Å². The lowest BCUT2D eigenvalue weighted by atomic mass is 10.00. The lowest BCUT2D eigenvalue weighted by Gasteiger charge is -2.13. The van der Waals surface area contributed by atoms with E-state index < -0.39 is 6.10 Å². The number of halogens is 2. The Morgan fingerprint density at radius 1 is 1.42 bits per heavy atom. The normalized spacial score (nSPS) is 12.7. The van der Waals surface area contributed by atoms with Crippen molar-refractivity contribution in [1.29, 1.82) is 0 Å². The van der Waals surface area contributed by atoms with E-state index in [1.165, 1.54) is 12.1 Å². The molecule has 1 heterocycles. The van der Waals surface area contributed by atoms with Crippen LogP contribution in [0.1, 0.15) is 28.6 Å². The van der Waals surface area contributed by atoms with Crippen LogP contribution in [-0.4, -0.2) is 14.9 Å². The first-order valence-corrected chi connectivity index (χ1v) is 6.81. The van der Waals surface area contributed by atoms with Crippen LogP contribution >= 0.6 is 15.9 Å². The van der Waals surface area contributed by atoms with Gasteiger partial charge in [0.25, 0.3) is 0 Å². The Morgan fingerprint density at radius 2 is 2.11 bits per heavy atom. The second-order valence-electron chi connectivity index (χ2n) is 4.66. The van der Waals surface area contributed by atoms with E-state index in [2.05, 4.69) is 21.0 Å². The van der Waals surface area contributed by atoms with Gasteiger partial charge in [-0.2, -0.15) is 5.10 Å². The highest BCUT2D eigenvalue weighted by molar-refractivity contribution is 9.10. The summed E-state index contributed by atoms with van der Waals surface area (Å²) in [6.45, 7) is 3.81. The predicted octanol–water partition coefficient (Wildman–Crippen LogP) is 3.21. The van der Waals surface area contributed by atoms with Crippen molar-refractivity contribution in [3.63, 3.8) is 0 Å². The highest BCUT2D eigenvalue weighted by Gasteiger charge is 2.19. The Kier molecular flexibility index (Phi) is 4.06. The number of aliphatic hydroxyl groups excluding tert-OH is 1. The molecule has 1 unspecified atom stereocenters. The van der Waals surface area contributed by atoms with Crippen LogP contribution in [0.15, 0.2) is 22.7 Å². The van der Waals surface area contributed by atoms with Gasteiger partial charge in [-0.15, -0.1) is 0 Å². The maximum atomic E-state index is 13.0. The molecule has 102 valence electrons. The standard InChI is InChI=1S/C14H16BrFN2O/c1-8-14(9(2)18(3)17-8)13(19)6-10-4-5-11(16)7-12(10)15/h4-5,7,13,19H,6H2,1-3H3. The first-order chi connectivity index (χ1) is 8.90. The second kappa shape index (κ2) is 5.43. The molecule has 1 N–H and O–H groups in total. The van der Waals surface area contributed by atoms with Crippen molar-refractivity contribution in [3.05, 3.63) is 51.0 Å². The van der Waals surface area contributed by atoms with Gasteiger partial charge in [-0.05, 0) is 31.5 Å². The van der Waals surface area contributed by atoms with Crippen LogP contribution < -0.4 is 0 Å². The van der Waals surface area contributed by atoms with E-state index in [0.717, 1.165) is 22.5 Å². The van der Waals surface area contributed by atoms with Gasteiger partial charge in [-0.3, -0.25) is 4.68 Å². The average molecular weight is 327 g/mol. The van der Waals surface area contributed by atoms with Crippen LogP contribution in [0.3, 0.4) is 0 Å². The molecule has 2 aromatic rings. The van der Waals surface area contributed by atoms with E-state index in [0.29, 0.717) is 10.9 Å². The Morgan fingerprint density at radius 3 is 2.63 bits per heavy atom. The molecule has 0 saturated heterocycles. The SMILES string of the molecule is Cc1nn(C)c(C)c1C(O)Cc1ccc(F)cc1Br. The molecule has 1 aromatic heterocycles. The van der Waals surface area contributed by atoms with Gasteiger partial charge in [0.05, 0.1) is 11.8 Å².